The first-order valence-corrected chi connectivity index (χ1v) is 7.33. The molecule has 0 aliphatic carbocycles. The van der Waals surface area contributed by atoms with Crippen molar-refractivity contribution in [3.8, 4) is 5.75 Å². The van der Waals surface area contributed by atoms with Gasteiger partial charge in [0.25, 0.3) is 15.9 Å². The molecule has 1 heterocycles. The Hall–Kier alpha value is -2.74. The van der Waals surface area contributed by atoms with Crippen LogP contribution in [0.3, 0.4) is 0 Å². The van der Waals surface area contributed by atoms with Crippen molar-refractivity contribution >= 4 is 21.6 Å². The van der Waals surface area contributed by atoms with Crippen LogP contribution in [-0.4, -0.2) is 23.8 Å². The number of hydrogen-bond donors (Lipinski definition) is 1. The van der Waals surface area contributed by atoms with Crippen molar-refractivity contribution < 1.29 is 18.3 Å². The maximum Gasteiger partial charge on any atom is 0.291 e. The third-order valence-electron chi connectivity index (χ3n) is 2.87. The molecule has 1 aliphatic rings. The SMILES string of the molecule is O=C1c2ccccc2S(=O)(=O)N1N=Nc1cccc(O)c1. The van der Waals surface area contributed by atoms with Crippen molar-refractivity contribution in [2.24, 2.45) is 10.3 Å². The molecule has 3 rings (SSSR count). The molecule has 2 aromatic carbocycles. The van der Waals surface area contributed by atoms with E-state index >= 15 is 0 Å². The van der Waals surface area contributed by atoms with E-state index in [1.54, 1.807) is 6.07 Å². The van der Waals surface area contributed by atoms with Crippen LogP contribution in [0.25, 0.3) is 0 Å². The van der Waals surface area contributed by atoms with Gasteiger partial charge in [-0.3, -0.25) is 4.79 Å². The monoisotopic (exact) mass is 303 g/mol. The molecule has 7 nitrogen and oxygen atoms in total. The Morgan fingerprint density at radius 3 is 2.52 bits per heavy atom. The molecule has 0 saturated heterocycles. The Bertz CT molecular complexity index is 861. The summed E-state index contributed by atoms with van der Waals surface area (Å²) in [5.74, 6) is -0.792. The molecule has 1 amide bonds. The maximum atomic E-state index is 12.2. The van der Waals surface area contributed by atoms with E-state index in [9.17, 15) is 18.3 Å². The highest BCUT2D eigenvalue weighted by atomic mass is 32.2. The second-order valence-corrected chi connectivity index (χ2v) is 5.99. The van der Waals surface area contributed by atoms with Crippen molar-refractivity contribution in [3.63, 3.8) is 0 Å². The van der Waals surface area contributed by atoms with Crippen molar-refractivity contribution in [1.82, 2.24) is 4.41 Å². The predicted molar refractivity (Wildman–Crippen MR) is 72.4 cm³/mol. The molecule has 0 unspecified atom stereocenters. The normalized spacial score (nSPS) is 16.4. The molecule has 8 heteroatoms. The van der Waals surface area contributed by atoms with E-state index in [1.165, 1.54) is 42.5 Å². The number of phenolic OH excluding ortho intramolecular Hbond substituents is 1. The van der Waals surface area contributed by atoms with E-state index < -0.39 is 15.9 Å². The zero-order valence-corrected chi connectivity index (χ0v) is 11.4. The van der Waals surface area contributed by atoms with Crippen molar-refractivity contribution in [1.29, 1.82) is 0 Å². The first-order chi connectivity index (χ1) is 10.00. The van der Waals surface area contributed by atoms with Gasteiger partial charge in [-0.15, -0.1) is 5.11 Å². The van der Waals surface area contributed by atoms with Crippen LogP contribution < -0.4 is 0 Å². The summed E-state index contributed by atoms with van der Waals surface area (Å²) in [7, 11) is -4.01. The van der Waals surface area contributed by atoms with Crippen LogP contribution in [0.5, 0.6) is 5.75 Å². The highest BCUT2D eigenvalue weighted by molar-refractivity contribution is 7.90. The minimum Gasteiger partial charge on any atom is -0.508 e. The standard InChI is InChI=1S/C13H9N3O4S/c17-10-5-3-4-9(8-10)14-15-16-13(18)11-6-1-2-7-12(11)21(16,19)20/h1-8,17H. The molecule has 0 atom stereocenters. The number of hydrogen-bond acceptors (Lipinski definition) is 6. The van der Waals surface area contributed by atoms with Crippen molar-refractivity contribution in [3.05, 3.63) is 54.1 Å². The number of nitrogens with zero attached hydrogens (tertiary/aromatic N) is 3. The van der Waals surface area contributed by atoms with Crippen LogP contribution in [0.1, 0.15) is 10.4 Å². The van der Waals surface area contributed by atoms with Gasteiger partial charge in [0, 0.05) is 6.07 Å². The van der Waals surface area contributed by atoms with E-state index in [1.807, 2.05) is 0 Å². The molecule has 0 radical (unpaired) electrons. The Kier molecular flexibility index (Phi) is 2.95. The maximum absolute atomic E-state index is 12.2. The second-order valence-electron chi connectivity index (χ2n) is 4.26. The summed E-state index contributed by atoms with van der Waals surface area (Å²) < 4.78 is 24.7. The van der Waals surface area contributed by atoms with Gasteiger partial charge in [0.1, 0.15) is 10.6 Å². The Morgan fingerprint density at radius 1 is 1.05 bits per heavy atom. The Morgan fingerprint density at radius 2 is 1.81 bits per heavy atom. The van der Waals surface area contributed by atoms with E-state index in [-0.39, 0.29) is 21.9 Å². The summed E-state index contributed by atoms with van der Waals surface area (Å²) in [5.41, 5.74) is 0.293. The van der Waals surface area contributed by atoms with Gasteiger partial charge >= 0.3 is 0 Å². The number of carbonyl (C=O) groups is 1. The first-order valence-electron chi connectivity index (χ1n) is 5.89. The van der Waals surface area contributed by atoms with Crippen molar-refractivity contribution in [2.45, 2.75) is 4.90 Å². The minimum atomic E-state index is -4.01. The number of phenols is 1. The second kappa shape index (κ2) is 4.67. The van der Waals surface area contributed by atoms with Crippen molar-refractivity contribution in [2.75, 3.05) is 0 Å². The average Bonchev–Trinajstić information content (AvgIpc) is 2.65. The van der Waals surface area contributed by atoms with E-state index in [4.69, 9.17) is 0 Å². The number of aromatic hydroxyl groups is 1. The molecule has 1 aliphatic heterocycles. The lowest BCUT2D eigenvalue weighted by molar-refractivity contribution is 0.0867. The van der Waals surface area contributed by atoms with Gasteiger partial charge in [-0.25, -0.2) is 0 Å². The molecule has 1 N–H and O–H groups in total. The van der Waals surface area contributed by atoms with Gasteiger partial charge in [-0.1, -0.05) is 22.6 Å². The van der Waals surface area contributed by atoms with Gasteiger partial charge in [-0.05, 0) is 29.5 Å². The number of benzene rings is 2. The summed E-state index contributed by atoms with van der Waals surface area (Å²) in [6, 6.07) is 11.6. The molecule has 2 aromatic rings. The van der Waals surface area contributed by atoms with Crippen LogP contribution in [0.2, 0.25) is 0 Å². The number of amides is 1. The third-order valence-corrected chi connectivity index (χ3v) is 4.47. The van der Waals surface area contributed by atoms with Crippen LogP contribution in [0.4, 0.5) is 5.69 Å². The average molecular weight is 303 g/mol. The summed E-state index contributed by atoms with van der Waals surface area (Å²) in [5, 5.41) is 16.5. The fourth-order valence-corrected chi connectivity index (χ4v) is 3.23. The van der Waals surface area contributed by atoms with Crippen LogP contribution in [0.15, 0.2) is 63.8 Å². The predicted octanol–water partition coefficient (Wildman–Crippen LogP) is 2.24. The molecule has 106 valence electrons. The topological polar surface area (TPSA) is 99.4 Å². The van der Waals surface area contributed by atoms with Gasteiger partial charge in [0.2, 0.25) is 0 Å². The third kappa shape index (κ3) is 2.15. The smallest absolute Gasteiger partial charge is 0.291 e. The summed E-state index contributed by atoms with van der Waals surface area (Å²) in [4.78, 5) is 12.0. The van der Waals surface area contributed by atoms with Crippen LogP contribution in [0, 0.1) is 0 Å². The fraction of sp³-hybridized carbons (Fsp3) is 0. The number of rotatable bonds is 2. The number of fused-ring (bicyclic) bond motifs is 1. The number of carbonyl (C=O) groups excluding carboxylic acids is 1. The van der Waals surface area contributed by atoms with E-state index in [0.29, 0.717) is 4.41 Å². The lowest BCUT2D eigenvalue weighted by atomic mass is 10.2. The highest BCUT2D eigenvalue weighted by Crippen LogP contribution is 2.31. The summed E-state index contributed by atoms with van der Waals surface area (Å²) >= 11 is 0. The molecule has 0 spiro atoms. The summed E-state index contributed by atoms with van der Waals surface area (Å²) in [6.07, 6.45) is 0. The molecule has 0 aromatic heterocycles. The minimum absolute atomic E-state index is 0.0367. The summed E-state index contributed by atoms with van der Waals surface area (Å²) in [6.45, 7) is 0. The molecule has 21 heavy (non-hydrogen) atoms. The van der Waals surface area contributed by atoms with E-state index in [2.05, 4.69) is 10.3 Å². The quantitative estimate of drug-likeness (QED) is 0.860. The van der Waals surface area contributed by atoms with Gasteiger partial charge < -0.3 is 5.11 Å². The lowest BCUT2D eigenvalue weighted by Gasteiger charge is -2.05. The molecule has 0 saturated carbocycles. The van der Waals surface area contributed by atoms with Crippen LogP contribution in [-0.2, 0) is 10.0 Å². The molecule has 0 bridgehead atoms. The Balaban J connectivity index is 2.00. The molecular formula is C13H9N3O4S. The van der Waals surface area contributed by atoms with E-state index in [0.717, 1.165) is 0 Å². The zero-order chi connectivity index (χ0) is 15.0. The van der Waals surface area contributed by atoms with Gasteiger partial charge in [-0.2, -0.15) is 8.42 Å². The molecule has 0 fully saturated rings. The molecular weight excluding hydrogens is 294 g/mol. The Labute approximate surface area is 120 Å². The zero-order valence-electron chi connectivity index (χ0n) is 10.5. The lowest BCUT2D eigenvalue weighted by Crippen LogP contribution is -2.23. The van der Waals surface area contributed by atoms with Gasteiger partial charge in [0.05, 0.1) is 11.3 Å². The fourth-order valence-electron chi connectivity index (χ4n) is 1.91. The highest BCUT2D eigenvalue weighted by Gasteiger charge is 2.41. The first kappa shape index (κ1) is 13.3. The van der Waals surface area contributed by atoms with Gasteiger partial charge in [0.15, 0.2) is 0 Å². The number of sulfonamides is 1. The largest absolute Gasteiger partial charge is 0.508 e. The van der Waals surface area contributed by atoms with Crippen LogP contribution >= 0.6 is 0 Å².